The van der Waals surface area contributed by atoms with E-state index in [-0.39, 0.29) is 65.6 Å². The number of carbonyl (C=O) groups is 4. The number of hydrogen-bond acceptors (Lipinski definition) is 5. The maximum Gasteiger partial charge on any atom is 0.246 e. The number of piperidine rings is 1. The number of nitriles is 1. The van der Waals surface area contributed by atoms with E-state index in [9.17, 15) is 24.4 Å². The van der Waals surface area contributed by atoms with Gasteiger partial charge < -0.3 is 20.9 Å². The van der Waals surface area contributed by atoms with Crippen LogP contribution in [0.4, 0.5) is 0 Å². The fourth-order valence-electron chi connectivity index (χ4n) is 5.34. The molecule has 2 aliphatic heterocycles. The number of nitrogens with zero attached hydrogens (tertiary/aromatic N) is 2. The second kappa shape index (κ2) is 9.08. The van der Waals surface area contributed by atoms with Crippen molar-refractivity contribution in [2.75, 3.05) is 13.1 Å². The van der Waals surface area contributed by atoms with Gasteiger partial charge in [-0.25, -0.2) is 0 Å². The quantitative estimate of drug-likeness (QED) is 0.502. The van der Waals surface area contributed by atoms with Gasteiger partial charge in [0, 0.05) is 25.4 Å². The van der Waals surface area contributed by atoms with Crippen LogP contribution in [0, 0.1) is 40.4 Å². The van der Waals surface area contributed by atoms with Gasteiger partial charge in [-0.05, 0) is 36.0 Å². The zero-order valence-electron chi connectivity index (χ0n) is 19.6. The summed E-state index contributed by atoms with van der Waals surface area (Å²) in [7, 11) is 0. The number of likely N-dealkylation sites (tertiary alicyclic amines) is 1. The lowest BCUT2D eigenvalue weighted by atomic mass is 9.96. The van der Waals surface area contributed by atoms with Gasteiger partial charge in [0.25, 0.3) is 0 Å². The first-order valence-corrected chi connectivity index (χ1v) is 11.6. The maximum atomic E-state index is 13.4. The first-order chi connectivity index (χ1) is 15.0. The summed E-state index contributed by atoms with van der Waals surface area (Å²) in [5.74, 6) is -1.11. The smallest absolute Gasteiger partial charge is 0.246 e. The summed E-state index contributed by atoms with van der Waals surface area (Å²) < 4.78 is 0. The van der Waals surface area contributed by atoms with Crippen LogP contribution in [0.2, 0.25) is 0 Å². The molecular weight excluding hydrogens is 410 g/mol. The minimum Gasteiger partial charge on any atom is -0.356 e. The summed E-state index contributed by atoms with van der Waals surface area (Å²) in [6.45, 7) is 10.7. The third kappa shape index (κ3) is 4.45. The first-order valence-electron chi connectivity index (χ1n) is 11.6. The van der Waals surface area contributed by atoms with Crippen LogP contribution in [-0.2, 0) is 19.2 Å². The van der Waals surface area contributed by atoms with Crippen molar-refractivity contribution in [2.24, 2.45) is 29.1 Å². The van der Waals surface area contributed by atoms with Gasteiger partial charge >= 0.3 is 0 Å². The minimum absolute atomic E-state index is 0.00950. The third-order valence-corrected chi connectivity index (χ3v) is 7.49. The van der Waals surface area contributed by atoms with Crippen molar-refractivity contribution in [2.45, 2.75) is 72.0 Å². The van der Waals surface area contributed by atoms with Gasteiger partial charge in [0.05, 0.1) is 6.07 Å². The molecule has 2 heterocycles. The predicted molar refractivity (Wildman–Crippen MR) is 117 cm³/mol. The molecule has 3 fully saturated rings. The van der Waals surface area contributed by atoms with E-state index in [0.29, 0.717) is 19.5 Å². The number of hydrogen-bond donors (Lipinski definition) is 3. The zero-order valence-corrected chi connectivity index (χ0v) is 19.6. The molecule has 6 atom stereocenters. The molecule has 0 aromatic carbocycles. The highest BCUT2D eigenvalue weighted by molar-refractivity contribution is 5.94. The molecule has 3 unspecified atom stereocenters. The number of rotatable bonds is 8. The Morgan fingerprint density at radius 2 is 1.97 bits per heavy atom. The van der Waals surface area contributed by atoms with E-state index in [1.807, 2.05) is 13.8 Å². The number of amides is 4. The summed E-state index contributed by atoms with van der Waals surface area (Å²) in [4.78, 5) is 52.2. The molecule has 3 rings (SSSR count). The molecule has 0 bridgehead atoms. The lowest BCUT2D eigenvalue weighted by Gasteiger charge is -2.34. The Kier molecular flexibility index (Phi) is 6.82. The lowest BCUT2D eigenvalue weighted by molar-refractivity contribution is -0.144. The molecule has 0 radical (unpaired) electrons. The highest BCUT2D eigenvalue weighted by Crippen LogP contribution is 2.64. The van der Waals surface area contributed by atoms with Crippen LogP contribution in [0.25, 0.3) is 0 Å². The Morgan fingerprint density at radius 3 is 2.50 bits per heavy atom. The van der Waals surface area contributed by atoms with E-state index in [0.717, 1.165) is 0 Å². The molecule has 0 aromatic rings. The summed E-state index contributed by atoms with van der Waals surface area (Å²) in [6, 6.07) is -0.0832. The predicted octanol–water partition coefficient (Wildman–Crippen LogP) is 0.555. The van der Waals surface area contributed by atoms with Crippen LogP contribution >= 0.6 is 0 Å². The molecule has 1 saturated carbocycles. The molecule has 4 amide bonds. The molecule has 0 spiro atoms. The molecular formula is C23H35N5O4. The number of nitrogens with one attached hydrogen (secondary N) is 3. The SMILES string of the molecule is CCC(=O)N[C@H](C(=O)N1CC2C(C1C(=O)N[C@H](C#N)C[C@@H]1CCNC1=O)C2(C)C)C(C)C. The molecule has 32 heavy (non-hydrogen) atoms. The summed E-state index contributed by atoms with van der Waals surface area (Å²) >= 11 is 0. The van der Waals surface area contributed by atoms with E-state index < -0.39 is 18.1 Å². The fraction of sp³-hybridized carbons (Fsp3) is 0.783. The fourth-order valence-corrected chi connectivity index (χ4v) is 5.34. The van der Waals surface area contributed by atoms with Gasteiger partial charge in [0.15, 0.2) is 0 Å². The van der Waals surface area contributed by atoms with Crippen LogP contribution in [0.5, 0.6) is 0 Å². The highest BCUT2D eigenvalue weighted by Gasteiger charge is 2.69. The number of fused-ring (bicyclic) bond motifs is 1. The van der Waals surface area contributed by atoms with E-state index >= 15 is 0 Å². The lowest BCUT2D eigenvalue weighted by Crippen LogP contribution is -2.58. The van der Waals surface area contributed by atoms with Gasteiger partial charge in [-0.1, -0.05) is 34.6 Å². The molecule has 9 nitrogen and oxygen atoms in total. The van der Waals surface area contributed by atoms with Gasteiger partial charge in [-0.2, -0.15) is 5.26 Å². The van der Waals surface area contributed by atoms with Gasteiger partial charge in [0.2, 0.25) is 23.6 Å². The van der Waals surface area contributed by atoms with Crippen molar-refractivity contribution in [3.8, 4) is 6.07 Å². The number of carbonyl (C=O) groups excluding carboxylic acids is 4. The summed E-state index contributed by atoms with van der Waals surface area (Å²) in [6.07, 6.45) is 1.18. The van der Waals surface area contributed by atoms with Crippen molar-refractivity contribution >= 4 is 23.6 Å². The van der Waals surface area contributed by atoms with Gasteiger partial charge in [-0.3, -0.25) is 19.2 Å². The third-order valence-electron chi connectivity index (χ3n) is 7.49. The normalized spacial score (nSPS) is 29.5. The Hall–Kier alpha value is -2.63. The zero-order chi connectivity index (χ0) is 23.8. The molecule has 1 aliphatic carbocycles. The van der Waals surface area contributed by atoms with Crippen LogP contribution < -0.4 is 16.0 Å². The van der Waals surface area contributed by atoms with E-state index in [1.54, 1.807) is 11.8 Å². The van der Waals surface area contributed by atoms with Crippen molar-refractivity contribution in [1.82, 2.24) is 20.9 Å². The van der Waals surface area contributed by atoms with E-state index in [4.69, 9.17) is 0 Å². The van der Waals surface area contributed by atoms with Crippen molar-refractivity contribution in [3.05, 3.63) is 0 Å². The second-order valence-electron chi connectivity index (χ2n) is 10.2. The Morgan fingerprint density at radius 1 is 1.28 bits per heavy atom. The second-order valence-corrected chi connectivity index (χ2v) is 10.2. The molecule has 0 aromatic heterocycles. The minimum atomic E-state index is -0.796. The molecule has 176 valence electrons. The molecule has 9 heteroatoms. The Bertz CT molecular complexity index is 833. The Balaban J connectivity index is 1.75. The topological polar surface area (TPSA) is 131 Å². The van der Waals surface area contributed by atoms with Gasteiger partial charge in [0.1, 0.15) is 18.1 Å². The van der Waals surface area contributed by atoms with Crippen LogP contribution in [0.15, 0.2) is 0 Å². The van der Waals surface area contributed by atoms with Crippen molar-refractivity contribution < 1.29 is 19.2 Å². The van der Waals surface area contributed by atoms with Gasteiger partial charge in [-0.15, -0.1) is 0 Å². The summed E-state index contributed by atoms with van der Waals surface area (Å²) in [5, 5.41) is 17.9. The standard InChI is InChI=1S/C23H35N5O4/c1-6-16(29)27-18(12(2)3)22(32)28-11-15-17(23(15,4)5)19(28)21(31)26-14(10-24)9-13-7-8-25-20(13)30/h12-15,17-19H,6-9,11H2,1-5H3,(H,25,30)(H,26,31)(H,27,29)/t13-,14-,15?,17?,18-,19?/m0/s1. The monoisotopic (exact) mass is 445 g/mol. The van der Waals surface area contributed by atoms with Crippen LogP contribution in [0.3, 0.4) is 0 Å². The average Bonchev–Trinajstić information content (AvgIpc) is 3.11. The maximum absolute atomic E-state index is 13.4. The first kappa shape index (κ1) is 24.0. The van der Waals surface area contributed by atoms with Crippen molar-refractivity contribution in [3.63, 3.8) is 0 Å². The largest absolute Gasteiger partial charge is 0.356 e. The molecule has 3 aliphatic rings. The highest BCUT2D eigenvalue weighted by atomic mass is 16.2. The Labute approximate surface area is 189 Å². The van der Waals surface area contributed by atoms with E-state index in [2.05, 4.69) is 35.9 Å². The molecule has 2 saturated heterocycles. The van der Waals surface area contributed by atoms with Crippen LogP contribution in [0.1, 0.15) is 53.9 Å². The summed E-state index contributed by atoms with van der Waals surface area (Å²) in [5.41, 5.74) is -0.0632. The van der Waals surface area contributed by atoms with Crippen LogP contribution in [-0.4, -0.2) is 59.7 Å². The average molecular weight is 446 g/mol. The van der Waals surface area contributed by atoms with Crippen molar-refractivity contribution in [1.29, 1.82) is 5.26 Å². The van der Waals surface area contributed by atoms with E-state index in [1.165, 1.54) is 0 Å². The molecule has 3 N–H and O–H groups in total.